The topological polar surface area (TPSA) is 61.7 Å². The zero-order valence-electron chi connectivity index (χ0n) is 12.4. The highest BCUT2D eigenvalue weighted by Crippen LogP contribution is 2.36. The molecule has 5 heteroatoms. The minimum Gasteiger partial charge on any atom is -0.410 e. The molecule has 1 aliphatic rings. The van der Waals surface area contributed by atoms with Crippen LogP contribution >= 0.6 is 11.8 Å². The molecule has 1 rings (SSSR count). The smallest absolute Gasteiger partial charge is 0.230 e. The van der Waals surface area contributed by atoms with Crippen molar-refractivity contribution in [2.24, 2.45) is 16.5 Å². The standard InChI is InChI=1S/C14H26N2O2S/c1-14(2,3)11(12(17)15-4)13(16-18)19-10-8-6-5-7-9-10/h10-11,18H,5-9H2,1-4H3,(H,15,17)/b16-13-. The van der Waals surface area contributed by atoms with Gasteiger partial charge in [0.1, 0.15) is 5.04 Å². The Bertz CT molecular complexity index is 331. The summed E-state index contributed by atoms with van der Waals surface area (Å²) >= 11 is 1.58. The lowest BCUT2D eigenvalue weighted by atomic mass is 9.80. The summed E-state index contributed by atoms with van der Waals surface area (Å²) in [7, 11) is 1.63. The maximum absolute atomic E-state index is 12.1. The van der Waals surface area contributed by atoms with E-state index in [4.69, 9.17) is 0 Å². The summed E-state index contributed by atoms with van der Waals surface area (Å²) in [6, 6.07) is 0. The van der Waals surface area contributed by atoms with Crippen LogP contribution in [0.15, 0.2) is 5.16 Å². The van der Waals surface area contributed by atoms with Crippen LogP contribution in [0.4, 0.5) is 0 Å². The van der Waals surface area contributed by atoms with E-state index in [-0.39, 0.29) is 11.3 Å². The molecule has 4 nitrogen and oxygen atoms in total. The van der Waals surface area contributed by atoms with Gasteiger partial charge in [0.15, 0.2) is 0 Å². The quantitative estimate of drug-likeness (QED) is 0.362. The van der Waals surface area contributed by atoms with E-state index in [2.05, 4.69) is 10.5 Å². The fraction of sp³-hybridized carbons (Fsp3) is 0.857. The van der Waals surface area contributed by atoms with Crippen LogP contribution in [0, 0.1) is 11.3 Å². The van der Waals surface area contributed by atoms with Gasteiger partial charge in [0.25, 0.3) is 0 Å². The van der Waals surface area contributed by atoms with E-state index in [0.29, 0.717) is 10.3 Å². The average Bonchev–Trinajstić information content (AvgIpc) is 2.37. The lowest BCUT2D eigenvalue weighted by Gasteiger charge is -2.31. The first-order valence-electron chi connectivity index (χ1n) is 7.00. The first-order valence-corrected chi connectivity index (χ1v) is 7.88. The van der Waals surface area contributed by atoms with Gasteiger partial charge in [-0.3, -0.25) is 4.79 Å². The van der Waals surface area contributed by atoms with E-state index in [1.165, 1.54) is 19.3 Å². The third kappa shape index (κ3) is 4.71. The Morgan fingerprint density at radius 1 is 1.32 bits per heavy atom. The number of amides is 1. The Hall–Kier alpha value is -0.710. The summed E-state index contributed by atoms with van der Waals surface area (Å²) in [5.41, 5.74) is -0.261. The fourth-order valence-corrected chi connectivity index (χ4v) is 4.08. The molecule has 0 radical (unpaired) electrons. The highest BCUT2D eigenvalue weighted by atomic mass is 32.2. The second kappa shape index (κ2) is 7.17. The number of carbonyl (C=O) groups is 1. The molecular formula is C14H26N2O2S. The van der Waals surface area contributed by atoms with Gasteiger partial charge >= 0.3 is 0 Å². The number of hydrogen-bond acceptors (Lipinski definition) is 4. The van der Waals surface area contributed by atoms with E-state index >= 15 is 0 Å². The molecule has 19 heavy (non-hydrogen) atoms. The van der Waals surface area contributed by atoms with Gasteiger partial charge in [0.05, 0.1) is 5.92 Å². The molecule has 2 N–H and O–H groups in total. The molecule has 0 heterocycles. The Balaban J connectivity index is 2.82. The minimum atomic E-state index is -0.394. The van der Waals surface area contributed by atoms with Crippen molar-refractivity contribution >= 4 is 22.7 Å². The van der Waals surface area contributed by atoms with Crippen molar-refractivity contribution in [3.05, 3.63) is 0 Å². The van der Waals surface area contributed by atoms with Crippen LogP contribution in [0.3, 0.4) is 0 Å². The van der Waals surface area contributed by atoms with Gasteiger partial charge in [-0.25, -0.2) is 0 Å². The number of hydrogen-bond donors (Lipinski definition) is 2. The lowest BCUT2D eigenvalue weighted by Crippen LogP contribution is -2.41. The van der Waals surface area contributed by atoms with E-state index in [9.17, 15) is 10.0 Å². The third-order valence-corrected chi connectivity index (χ3v) is 4.92. The zero-order valence-corrected chi connectivity index (χ0v) is 13.2. The largest absolute Gasteiger partial charge is 0.410 e. The van der Waals surface area contributed by atoms with Crippen molar-refractivity contribution in [3.63, 3.8) is 0 Å². The first-order chi connectivity index (χ1) is 8.90. The Kier molecular flexibility index (Phi) is 6.17. The maximum Gasteiger partial charge on any atom is 0.230 e. The van der Waals surface area contributed by atoms with E-state index in [0.717, 1.165) is 12.8 Å². The van der Waals surface area contributed by atoms with Gasteiger partial charge in [-0.1, -0.05) is 45.2 Å². The number of carbonyl (C=O) groups excluding carboxylic acids is 1. The maximum atomic E-state index is 12.1. The van der Waals surface area contributed by atoms with Crippen LogP contribution in [0.5, 0.6) is 0 Å². The predicted octanol–water partition coefficient (Wildman–Crippen LogP) is 3.25. The lowest BCUT2D eigenvalue weighted by molar-refractivity contribution is -0.124. The first kappa shape index (κ1) is 16.3. The Morgan fingerprint density at radius 2 is 1.89 bits per heavy atom. The van der Waals surface area contributed by atoms with Crippen molar-refractivity contribution in [3.8, 4) is 0 Å². The van der Waals surface area contributed by atoms with Crippen LogP contribution in [0.25, 0.3) is 0 Å². The molecule has 0 aliphatic heterocycles. The van der Waals surface area contributed by atoms with Crippen molar-refractivity contribution in [2.75, 3.05) is 7.05 Å². The molecule has 0 aromatic heterocycles. The zero-order chi connectivity index (χ0) is 14.5. The molecule has 1 unspecified atom stereocenters. The molecular weight excluding hydrogens is 260 g/mol. The Morgan fingerprint density at radius 3 is 2.32 bits per heavy atom. The normalized spacial score (nSPS) is 20.1. The fourth-order valence-electron chi connectivity index (χ4n) is 2.52. The van der Waals surface area contributed by atoms with Gasteiger partial charge in [-0.05, 0) is 18.3 Å². The average molecular weight is 286 g/mol. The molecule has 0 aromatic carbocycles. The second-order valence-corrected chi connectivity index (χ2v) is 7.55. The molecule has 1 aliphatic carbocycles. The van der Waals surface area contributed by atoms with Gasteiger partial charge in [-0.2, -0.15) is 0 Å². The molecule has 1 saturated carbocycles. The van der Waals surface area contributed by atoms with Gasteiger partial charge in [0, 0.05) is 12.3 Å². The molecule has 1 fully saturated rings. The third-order valence-electron chi connectivity index (χ3n) is 3.56. The predicted molar refractivity (Wildman–Crippen MR) is 80.7 cm³/mol. The van der Waals surface area contributed by atoms with Gasteiger partial charge in [-0.15, -0.1) is 11.8 Å². The number of oxime groups is 1. The number of thioether (sulfide) groups is 1. The molecule has 110 valence electrons. The van der Waals surface area contributed by atoms with Crippen LogP contribution < -0.4 is 5.32 Å². The Labute approximate surface area is 120 Å². The van der Waals surface area contributed by atoms with Crippen LogP contribution in [0.2, 0.25) is 0 Å². The second-order valence-electron chi connectivity index (χ2n) is 6.23. The number of nitrogens with one attached hydrogen (secondary N) is 1. The van der Waals surface area contributed by atoms with Crippen molar-refractivity contribution in [2.45, 2.75) is 58.1 Å². The molecule has 1 amide bonds. The van der Waals surface area contributed by atoms with Crippen molar-refractivity contribution < 1.29 is 10.0 Å². The summed E-state index contributed by atoms with van der Waals surface area (Å²) in [6.07, 6.45) is 6.05. The van der Waals surface area contributed by atoms with Gasteiger partial charge < -0.3 is 10.5 Å². The van der Waals surface area contributed by atoms with E-state index in [1.54, 1.807) is 18.8 Å². The molecule has 0 bridgehead atoms. The summed E-state index contributed by atoms with van der Waals surface area (Å²) in [5, 5.41) is 16.5. The molecule has 0 saturated heterocycles. The summed E-state index contributed by atoms with van der Waals surface area (Å²) < 4.78 is 0. The number of rotatable bonds is 3. The number of nitrogens with zero attached hydrogens (tertiary/aromatic N) is 1. The molecule has 0 spiro atoms. The van der Waals surface area contributed by atoms with Crippen molar-refractivity contribution in [1.82, 2.24) is 5.32 Å². The molecule has 1 atom stereocenters. The van der Waals surface area contributed by atoms with Crippen LogP contribution in [-0.2, 0) is 4.79 Å². The van der Waals surface area contributed by atoms with Crippen LogP contribution in [-0.4, -0.2) is 28.5 Å². The van der Waals surface area contributed by atoms with Crippen molar-refractivity contribution in [1.29, 1.82) is 0 Å². The summed E-state index contributed by atoms with van der Waals surface area (Å²) in [4.78, 5) is 12.1. The summed E-state index contributed by atoms with van der Waals surface area (Å²) in [6.45, 7) is 6.00. The van der Waals surface area contributed by atoms with Gasteiger partial charge in [0.2, 0.25) is 5.91 Å². The summed E-state index contributed by atoms with van der Waals surface area (Å²) in [5.74, 6) is -0.474. The molecule has 0 aromatic rings. The highest BCUT2D eigenvalue weighted by Gasteiger charge is 2.37. The monoisotopic (exact) mass is 286 g/mol. The van der Waals surface area contributed by atoms with E-state index in [1.807, 2.05) is 20.8 Å². The minimum absolute atomic E-state index is 0.0800. The SMILES string of the molecule is CNC(=O)C(/C(=N/O)SC1CCCCC1)C(C)(C)C. The van der Waals surface area contributed by atoms with E-state index < -0.39 is 5.92 Å². The highest BCUT2D eigenvalue weighted by molar-refractivity contribution is 8.14. The van der Waals surface area contributed by atoms with Crippen LogP contribution in [0.1, 0.15) is 52.9 Å².